The Hall–Kier alpha value is -1.26. The number of nitrogens with two attached hydrogens (primary N) is 1. The minimum Gasteiger partial charge on any atom is -0.496 e. The van der Waals surface area contributed by atoms with Crippen molar-refractivity contribution in [2.75, 3.05) is 21.3 Å². The van der Waals surface area contributed by atoms with Gasteiger partial charge in [0.25, 0.3) is 0 Å². The molecule has 0 aromatic heterocycles. The van der Waals surface area contributed by atoms with Crippen LogP contribution in [0.3, 0.4) is 0 Å². The highest BCUT2D eigenvalue weighted by molar-refractivity contribution is 5.48. The van der Waals surface area contributed by atoms with Gasteiger partial charge in [-0.05, 0) is 25.0 Å². The second-order valence-electron chi connectivity index (χ2n) is 5.03. The van der Waals surface area contributed by atoms with Crippen molar-refractivity contribution in [2.45, 2.75) is 37.3 Å². The number of hydrogen-bond acceptors (Lipinski definition) is 4. The van der Waals surface area contributed by atoms with Crippen LogP contribution in [0.2, 0.25) is 0 Å². The molecule has 1 fully saturated rings. The summed E-state index contributed by atoms with van der Waals surface area (Å²) in [4.78, 5) is 0. The molecule has 2 N–H and O–H groups in total. The molecule has 1 atom stereocenters. The van der Waals surface area contributed by atoms with Crippen LogP contribution in [0.1, 0.15) is 37.3 Å². The number of methoxy groups -OCH3 is 3. The van der Waals surface area contributed by atoms with Crippen LogP contribution in [0.25, 0.3) is 0 Å². The van der Waals surface area contributed by atoms with Gasteiger partial charge in [0.1, 0.15) is 11.5 Å². The summed E-state index contributed by atoms with van der Waals surface area (Å²) in [5.41, 5.74) is 7.11. The van der Waals surface area contributed by atoms with Gasteiger partial charge < -0.3 is 19.9 Å². The molecule has 1 aromatic rings. The Labute approximate surface area is 114 Å². The normalized spacial score (nSPS) is 19.2. The van der Waals surface area contributed by atoms with Crippen LogP contribution in [-0.2, 0) is 4.74 Å². The lowest BCUT2D eigenvalue weighted by atomic mass is 9.86. The van der Waals surface area contributed by atoms with E-state index >= 15 is 0 Å². The van der Waals surface area contributed by atoms with Crippen LogP contribution < -0.4 is 15.2 Å². The molecule has 4 nitrogen and oxygen atoms in total. The molecule has 0 saturated heterocycles. The Bertz CT molecular complexity index is 405. The lowest BCUT2D eigenvalue weighted by Gasteiger charge is -2.35. The standard InChI is InChI=1S/C15H23NO3/c1-17-11-7-6-8-12(18-2)13(11)14(16)15(19-3)9-4-5-10-15/h6-8,14H,4-5,9-10,16H2,1-3H3. The summed E-state index contributed by atoms with van der Waals surface area (Å²) in [6, 6.07) is 5.49. The maximum atomic E-state index is 6.51. The highest BCUT2D eigenvalue weighted by atomic mass is 16.5. The average molecular weight is 265 g/mol. The molecule has 0 radical (unpaired) electrons. The zero-order valence-corrected chi connectivity index (χ0v) is 11.9. The summed E-state index contributed by atoms with van der Waals surface area (Å²) >= 11 is 0. The van der Waals surface area contributed by atoms with Gasteiger partial charge in [-0.15, -0.1) is 0 Å². The Kier molecular flexibility index (Phi) is 4.32. The fraction of sp³-hybridized carbons (Fsp3) is 0.600. The minimum absolute atomic E-state index is 0.244. The molecular weight excluding hydrogens is 242 g/mol. The molecule has 1 aliphatic carbocycles. The fourth-order valence-corrected chi connectivity index (χ4v) is 3.07. The third-order valence-corrected chi connectivity index (χ3v) is 4.20. The van der Waals surface area contributed by atoms with Crippen molar-refractivity contribution in [3.8, 4) is 11.5 Å². The molecule has 19 heavy (non-hydrogen) atoms. The summed E-state index contributed by atoms with van der Waals surface area (Å²) in [7, 11) is 5.05. The highest BCUT2D eigenvalue weighted by Crippen LogP contribution is 2.46. The van der Waals surface area contributed by atoms with E-state index in [4.69, 9.17) is 19.9 Å². The predicted octanol–water partition coefficient (Wildman–Crippen LogP) is 2.66. The summed E-state index contributed by atoms with van der Waals surface area (Å²) in [5, 5.41) is 0. The van der Waals surface area contributed by atoms with Crippen LogP contribution >= 0.6 is 0 Å². The first-order valence-electron chi connectivity index (χ1n) is 6.70. The Morgan fingerprint density at radius 1 is 1.05 bits per heavy atom. The lowest BCUT2D eigenvalue weighted by Crippen LogP contribution is -2.40. The monoisotopic (exact) mass is 265 g/mol. The van der Waals surface area contributed by atoms with Gasteiger partial charge in [0.15, 0.2) is 0 Å². The molecule has 2 rings (SSSR count). The molecule has 0 spiro atoms. The zero-order chi connectivity index (χ0) is 13.9. The Balaban J connectivity index is 2.44. The van der Waals surface area contributed by atoms with E-state index in [1.54, 1.807) is 21.3 Å². The average Bonchev–Trinajstić information content (AvgIpc) is 2.95. The van der Waals surface area contributed by atoms with E-state index in [9.17, 15) is 0 Å². The molecule has 1 unspecified atom stereocenters. The van der Waals surface area contributed by atoms with Gasteiger partial charge in [-0.3, -0.25) is 0 Å². The molecule has 106 valence electrons. The lowest BCUT2D eigenvalue weighted by molar-refractivity contribution is -0.0273. The highest BCUT2D eigenvalue weighted by Gasteiger charge is 2.42. The van der Waals surface area contributed by atoms with Crippen molar-refractivity contribution < 1.29 is 14.2 Å². The van der Waals surface area contributed by atoms with Crippen molar-refractivity contribution >= 4 is 0 Å². The maximum absolute atomic E-state index is 6.51. The number of hydrogen-bond donors (Lipinski definition) is 1. The first-order valence-corrected chi connectivity index (χ1v) is 6.70. The first kappa shape index (κ1) is 14.2. The Morgan fingerprint density at radius 3 is 2.00 bits per heavy atom. The van der Waals surface area contributed by atoms with E-state index in [0.29, 0.717) is 0 Å². The smallest absolute Gasteiger partial charge is 0.127 e. The van der Waals surface area contributed by atoms with E-state index in [1.807, 2.05) is 18.2 Å². The predicted molar refractivity (Wildman–Crippen MR) is 74.7 cm³/mol. The van der Waals surface area contributed by atoms with Crippen LogP contribution in [-0.4, -0.2) is 26.9 Å². The van der Waals surface area contributed by atoms with Gasteiger partial charge in [0, 0.05) is 7.11 Å². The first-order chi connectivity index (χ1) is 9.18. The molecule has 4 heteroatoms. The van der Waals surface area contributed by atoms with E-state index in [2.05, 4.69) is 0 Å². The molecule has 0 heterocycles. The summed E-state index contributed by atoms with van der Waals surface area (Å²) < 4.78 is 16.7. The largest absolute Gasteiger partial charge is 0.496 e. The van der Waals surface area contributed by atoms with Gasteiger partial charge in [-0.1, -0.05) is 18.9 Å². The van der Waals surface area contributed by atoms with Crippen molar-refractivity contribution in [1.29, 1.82) is 0 Å². The molecular formula is C15H23NO3. The number of benzene rings is 1. The molecule has 0 bridgehead atoms. The molecule has 0 amide bonds. The van der Waals surface area contributed by atoms with Gasteiger partial charge in [0.05, 0.1) is 31.4 Å². The second-order valence-corrected chi connectivity index (χ2v) is 5.03. The van der Waals surface area contributed by atoms with Gasteiger partial charge in [0.2, 0.25) is 0 Å². The Morgan fingerprint density at radius 2 is 1.58 bits per heavy atom. The number of ether oxygens (including phenoxy) is 3. The van der Waals surface area contributed by atoms with Crippen LogP contribution in [0, 0.1) is 0 Å². The molecule has 1 aliphatic rings. The summed E-state index contributed by atoms with van der Waals surface area (Å²) in [5.74, 6) is 1.52. The summed E-state index contributed by atoms with van der Waals surface area (Å²) in [6.45, 7) is 0. The molecule has 0 aliphatic heterocycles. The van der Waals surface area contributed by atoms with E-state index in [1.165, 1.54) is 0 Å². The van der Waals surface area contributed by atoms with E-state index in [0.717, 1.165) is 42.7 Å². The third-order valence-electron chi connectivity index (χ3n) is 4.20. The zero-order valence-electron chi connectivity index (χ0n) is 11.9. The van der Waals surface area contributed by atoms with Gasteiger partial charge >= 0.3 is 0 Å². The number of rotatable bonds is 5. The quantitative estimate of drug-likeness (QED) is 0.889. The summed E-state index contributed by atoms with van der Waals surface area (Å²) in [6.07, 6.45) is 4.26. The van der Waals surface area contributed by atoms with Crippen molar-refractivity contribution in [3.05, 3.63) is 23.8 Å². The fourth-order valence-electron chi connectivity index (χ4n) is 3.07. The van der Waals surface area contributed by atoms with Gasteiger partial charge in [-0.25, -0.2) is 0 Å². The van der Waals surface area contributed by atoms with E-state index < -0.39 is 0 Å². The minimum atomic E-state index is -0.304. The van der Waals surface area contributed by atoms with Crippen LogP contribution in [0.5, 0.6) is 11.5 Å². The second kappa shape index (κ2) is 5.80. The molecule has 1 saturated carbocycles. The van der Waals surface area contributed by atoms with Crippen molar-refractivity contribution in [3.63, 3.8) is 0 Å². The van der Waals surface area contributed by atoms with Crippen molar-refractivity contribution in [2.24, 2.45) is 5.73 Å². The maximum Gasteiger partial charge on any atom is 0.127 e. The molecule has 1 aromatic carbocycles. The van der Waals surface area contributed by atoms with Crippen LogP contribution in [0.15, 0.2) is 18.2 Å². The third kappa shape index (κ3) is 2.42. The van der Waals surface area contributed by atoms with E-state index in [-0.39, 0.29) is 11.6 Å². The van der Waals surface area contributed by atoms with Gasteiger partial charge in [-0.2, -0.15) is 0 Å². The van der Waals surface area contributed by atoms with Crippen LogP contribution in [0.4, 0.5) is 0 Å². The topological polar surface area (TPSA) is 53.7 Å². The van der Waals surface area contributed by atoms with Crippen molar-refractivity contribution in [1.82, 2.24) is 0 Å². The SMILES string of the molecule is COc1cccc(OC)c1C(N)C1(OC)CCCC1.